The molecule has 70 valence electrons. The van der Waals surface area contributed by atoms with Crippen LogP contribution in [0.15, 0.2) is 12.2 Å². The molecule has 0 aromatic heterocycles. The summed E-state index contributed by atoms with van der Waals surface area (Å²) in [5, 5.41) is 3.01. The van der Waals surface area contributed by atoms with Gasteiger partial charge in [-0.2, -0.15) is 0 Å². The van der Waals surface area contributed by atoms with Crippen LogP contribution in [0.3, 0.4) is 0 Å². The third kappa shape index (κ3) is 4.91. The molecule has 12 heavy (non-hydrogen) atoms. The van der Waals surface area contributed by atoms with Crippen LogP contribution in [0.5, 0.6) is 0 Å². The van der Waals surface area contributed by atoms with Gasteiger partial charge in [0, 0.05) is 20.1 Å². The van der Waals surface area contributed by atoms with Gasteiger partial charge in [-0.15, -0.1) is 0 Å². The van der Waals surface area contributed by atoms with E-state index in [4.69, 9.17) is 0 Å². The Bertz CT molecular complexity index is 166. The Morgan fingerprint density at radius 2 is 2.08 bits per heavy atom. The number of hydrogen-bond donors (Lipinski definition) is 1. The van der Waals surface area contributed by atoms with Crippen molar-refractivity contribution in [2.45, 2.75) is 13.8 Å². The lowest BCUT2D eigenvalue weighted by molar-refractivity contribution is -0.128. The van der Waals surface area contributed by atoms with E-state index in [0.29, 0.717) is 13.1 Å². The molecule has 1 amide bonds. The average Bonchev–Trinajstić information content (AvgIpc) is 2.02. The molecule has 0 aliphatic heterocycles. The van der Waals surface area contributed by atoms with Gasteiger partial charge >= 0.3 is 0 Å². The predicted octanol–water partition coefficient (Wildman–Crippen LogP) is 0.630. The summed E-state index contributed by atoms with van der Waals surface area (Å²) in [6, 6.07) is 0. The van der Waals surface area contributed by atoms with E-state index < -0.39 is 0 Å². The summed E-state index contributed by atoms with van der Waals surface area (Å²) in [7, 11) is 1.80. The van der Waals surface area contributed by atoms with Gasteiger partial charge in [0.05, 0.1) is 6.54 Å². The van der Waals surface area contributed by atoms with Crippen LogP contribution in [-0.4, -0.2) is 37.5 Å². The minimum atomic E-state index is 0.124. The van der Waals surface area contributed by atoms with Crippen LogP contribution in [0.4, 0.5) is 0 Å². The van der Waals surface area contributed by atoms with Crippen molar-refractivity contribution in [1.82, 2.24) is 10.2 Å². The summed E-state index contributed by atoms with van der Waals surface area (Å²) in [6.07, 6.45) is 0. The van der Waals surface area contributed by atoms with Crippen molar-refractivity contribution in [2.75, 3.05) is 26.7 Å². The third-order valence-electron chi connectivity index (χ3n) is 1.60. The van der Waals surface area contributed by atoms with Crippen LogP contribution in [0.2, 0.25) is 0 Å². The molecule has 0 aromatic carbocycles. The Balaban J connectivity index is 3.50. The van der Waals surface area contributed by atoms with Gasteiger partial charge in [-0.25, -0.2) is 0 Å². The third-order valence-corrected chi connectivity index (χ3v) is 1.60. The molecule has 0 aliphatic rings. The van der Waals surface area contributed by atoms with E-state index >= 15 is 0 Å². The maximum absolute atomic E-state index is 11.2. The summed E-state index contributed by atoms with van der Waals surface area (Å²) in [5.74, 6) is 0.124. The standard InChI is InChI=1S/C9H18N2O/c1-5-11(4)9(12)7-10-6-8(2)3/h10H,2,5-7H2,1,3-4H3. The van der Waals surface area contributed by atoms with Crippen molar-refractivity contribution < 1.29 is 4.79 Å². The van der Waals surface area contributed by atoms with Gasteiger partial charge in [-0.1, -0.05) is 12.2 Å². The number of nitrogens with zero attached hydrogens (tertiary/aromatic N) is 1. The normalized spacial score (nSPS) is 9.58. The first-order valence-corrected chi connectivity index (χ1v) is 4.17. The lowest BCUT2D eigenvalue weighted by atomic mass is 10.3. The number of likely N-dealkylation sites (N-methyl/N-ethyl adjacent to an activating group) is 1. The minimum absolute atomic E-state index is 0.124. The molecule has 0 heterocycles. The SMILES string of the molecule is C=C(C)CNCC(=O)N(C)CC. The quantitative estimate of drug-likeness (QED) is 0.614. The molecule has 0 rings (SSSR count). The molecule has 0 saturated carbocycles. The van der Waals surface area contributed by atoms with Gasteiger partial charge in [0.1, 0.15) is 0 Å². The first kappa shape index (κ1) is 11.2. The number of nitrogens with one attached hydrogen (secondary N) is 1. The smallest absolute Gasteiger partial charge is 0.236 e. The molecule has 0 spiro atoms. The molecule has 0 bridgehead atoms. The largest absolute Gasteiger partial charge is 0.345 e. The van der Waals surface area contributed by atoms with E-state index in [-0.39, 0.29) is 5.91 Å². The molecule has 3 nitrogen and oxygen atoms in total. The number of carbonyl (C=O) groups excluding carboxylic acids is 1. The lowest BCUT2D eigenvalue weighted by Gasteiger charge is -2.14. The molecule has 1 N–H and O–H groups in total. The van der Waals surface area contributed by atoms with Crippen molar-refractivity contribution >= 4 is 5.91 Å². The van der Waals surface area contributed by atoms with E-state index in [1.807, 2.05) is 13.8 Å². The van der Waals surface area contributed by atoms with Crippen LogP contribution in [-0.2, 0) is 4.79 Å². The average molecular weight is 170 g/mol. The molecule has 0 aromatic rings. The molecule has 0 atom stereocenters. The summed E-state index contributed by atoms with van der Waals surface area (Å²) in [4.78, 5) is 12.9. The number of amides is 1. The van der Waals surface area contributed by atoms with Crippen LogP contribution < -0.4 is 5.32 Å². The summed E-state index contributed by atoms with van der Waals surface area (Å²) < 4.78 is 0. The number of carbonyl (C=O) groups is 1. The number of rotatable bonds is 5. The summed E-state index contributed by atoms with van der Waals surface area (Å²) in [5.41, 5.74) is 1.04. The molecule has 0 unspecified atom stereocenters. The van der Waals surface area contributed by atoms with Crippen molar-refractivity contribution in [1.29, 1.82) is 0 Å². The van der Waals surface area contributed by atoms with Gasteiger partial charge in [0.25, 0.3) is 0 Å². The maximum Gasteiger partial charge on any atom is 0.236 e. The molecular formula is C9H18N2O. The van der Waals surface area contributed by atoms with Crippen molar-refractivity contribution in [3.63, 3.8) is 0 Å². The van der Waals surface area contributed by atoms with Crippen LogP contribution in [0.1, 0.15) is 13.8 Å². The van der Waals surface area contributed by atoms with E-state index in [1.54, 1.807) is 11.9 Å². The molecule has 0 aliphatic carbocycles. The monoisotopic (exact) mass is 170 g/mol. The summed E-state index contributed by atoms with van der Waals surface area (Å²) >= 11 is 0. The van der Waals surface area contributed by atoms with E-state index in [9.17, 15) is 4.79 Å². The van der Waals surface area contributed by atoms with Crippen LogP contribution >= 0.6 is 0 Å². The van der Waals surface area contributed by atoms with Gasteiger partial charge in [-0.3, -0.25) is 4.79 Å². The topological polar surface area (TPSA) is 32.3 Å². The Morgan fingerprint density at radius 3 is 2.50 bits per heavy atom. The second-order valence-electron chi connectivity index (χ2n) is 2.97. The van der Waals surface area contributed by atoms with E-state index in [1.165, 1.54) is 0 Å². The minimum Gasteiger partial charge on any atom is -0.345 e. The zero-order chi connectivity index (χ0) is 9.56. The predicted molar refractivity (Wildman–Crippen MR) is 51.0 cm³/mol. The van der Waals surface area contributed by atoms with Crippen LogP contribution in [0.25, 0.3) is 0 Å². The first-order valence-electron chi connectivity index (χ1n) is 4.17. The highest BCUT2D eigenvalue weighted by molar-refractivity contribution is 5.77. The van der Waals surface area contributed by atoms with E-state index in [0.717, 1.165) is 12.1 Å². The molecular weight excluding hydrogens is 152 g/mol. The highest BCUT2D eigenvalue weighted by Gasteiger charge is 2.04. The fourth-order valence-electron chi connectivity index (χ4n) is 0.694. The molecule has 0 fully saturated rings. The van der Waals surface area contributed by atoms with Crippen LogP contribution in [0, 0.1) is 0 Å². The lowest BCUT2D eigenvalue weighted by Crippen LogP contribution is -2.35. The maximum atomic E-state index is 11.2. The zero-order valence-electron chi connectivity index (χ0n) is 8.18. The van der Waals surface area contributed by atoms with Crippen molar-refractivity contribution in [2.24, 2.45) is 0 Å². The second-order valence-corrected chi connectivity index (χ2v) is 2.97. The van der Waals surface area contributed by atoms with E-state index in [2.05, 4.69) is 11.9 Å². The highest BCUT2D eigenvalue weighted by atomic mass is 16.2. The first-order chi connectivity index (χ1) is 5.57. The Hall–Kier alpha value is -0.830. The fourth-order valence-corrected chi connectivity index (χ4v) is 0.694. The Morgan fingerprint density at radius 1 is 1.50 bits per heavy atom. The Labute approximate surface area is 74.4 Å². The zero-order valence-corrected chi connectivity index (χ0v) is 8.18. The molecule has 3 heteroatoms. The molecule has 0 radical (unpaired) electrons. The number of hydrogen-bond acceptors (Lipinski definition) is 2. The van der Waals surface area contributed by atoms with Crippen molar-refractivity contribution in [3.05, 3.63) is 12.2 Å². The van der Waals surface area contributed by atoms with Gasteiger partial charge in [0.15, 0.2) is 0 Å². The highest BCUT2D eigenvalue weighted by Crippen LogP contribution is 1.84. The fraction of sp³-hybridized carbons (Fsp3) is 0.667. The summed E-state index contributed by atoms with van der Waals surface area (Å²) in [6.45, 7) is 9.49. The Kier molecular flexibility index (Phi) is 5.37. The van der Waals surface area contributed by atoms with Gasteiger partial charge in [-0.05, 0) is 13.8 Å². The molecule has 0 saturated heterocycles. The van der Waals surface area contributed by atoms with Crippen molar-refractivity contribution in [3.8, 4) is 0 Å². The van der Waals surface area contributed by atoms with Gasteiger partial charge < -0.3 is 10.2 Å². The second kappa shape index (κ2) is 5.77. The van der Waals surface area contributed by atoms with Gasteiger partial charge in [0.2, 0.25) is 5.91 Å².